The quantitative estimate of drug-likeness (QED) is 0.194. The molecule has 4 rings (SSSR count). The summed E-state index contributed by atoms with van der Waals surface area (Å²) < 4.78 is 38.0. The summed E-state index contributed by atoms with van der Waals surface area (Å²) in [5.74, 6) is -1.91. The Morgan fingerprint density at radius 3 is 2.24 bits per heavy atom. The summed E-state index contributed by atoms with van der Waals surface area (Å²) >= 11 is 0. The SMILES string of the molecule is COC(=O)c1c(C)[nH]c(C(=O)C(C)OC(=O)c2ccc(NS(=O)(=O)c3ccc4[nH]c(=O)[nH]c4c3)cc2)c1C. The van der Waals surface area contributed by atoms with E-state index in [1.165, 1.54) is 56.5 Å². The van der Waals surface area contributed by atoms with E-state index >= 15 is 0 Å². The van der Waals surface area contributed by atoms with Gasteiger partial charge in [-0.3, -0.25) is 9.52 Å². The molecule has 12 nitrogen and oxygen atoms in total. The number of fused-ring (bicyclic) bond motifs is 1. The lowest BCUT2D eigenvalue weighted by Crippen LogP contribution is -2.25. The molecule has 13 heteroatoms. The van der Waals surface area contributed by atoms with E-state index in [0.717, 1.165) is 0 Å². The first-order valence-electron chi connectivity index (χ1n) is 11.3. The van der Waals surface area contributed by atoms with Crippen LogP contribution in [-0.4, -0.2) is 54.3 Å². The van der Waals surface area contributed by atoms with Crippen molar-refractivity contribution in [2.45, 2.75) is 31.8 Å². The predicted molar refractivity (Wildman–Crippen MR) is 137 cm³/mol. The average Bonchev–Trinajstić information content (AvgIpc) is 3.40. The molecule has 0 amide bonds. The molecule has 2 aromatic heterocycles. The Labute approximate surface area is 216 Å². The van der Waals surface area contributed by atoms with Gasteiger partial charge in [-0.05, 0) is 68.8 Å². The Morgan fingerprint density at radius 2 is 1.58 bits per heavy atom. The lowest BCUT2D eigenvalue weighted by molar-refractivity contribution is 0.0316. The summed E-state index contributed by atoms with van der Waals surface area (Å²) in [5, 5.41) is 0. The van der Waals surface area contributed by atoms with E-state index in [-0.39, 0.29) is 27.4 Å². The number of nitrogens with one attached hydrogen (secondary N) is 4. The molecule has 198 valence electrons. The zero-order valence-corrected chi connectivity index (χ0v) is 21.6. The summed E-state index contributed by atoms with van der Waals surface area (Å²) in [5.41, 5.74) is 1.85. The zero-order chi connectivity index (χ0) is 27.8. The highest BCUT2D eigenvalue weighted by molar-refractivity contribution is 7.92. The molecule has 1 unspecified atom stereocenters. The Balaban J connectivity index is 1.44. The van der Waals surface area contributed by atoms with Crippen LogP contribution in [0.25, 0.3) is 11.0 Å². The molecule has 0 saturated carbocycles. The van der Waals surface area contributed by atoms with Crippen molar-refractivity contribution < 1.29 is 32.3 Å². The van der Waals surface area contributed by atoms with Gasteiger partial charge in [-0.2, -0.15) is 0 Å². The molecule has 2 aromatic carbocycles. The molecule has 2 heterocycles. The van der Waals surface area contributed by atoms with Crippen LogP contribution in [0.5, 0.6) is 0 Å². The first kappa shape index (κ1) is 26.4. The van der Waals surface area contributed by atoms with Gasteiger partial charge >= 0.3 is 17.6 Å². The van der Waals surface area contributed by atoms with Crippen LogP contribution in [0.2, 0.25) is 0 Å². The van der Waals surface area contributed by atoms with Crippen LogP contribution in [0.3, 0.4) is 0 Å². The number of hydrogen-bond acceptors (Lipinski definition) is 8. The number of ether oxygens (including phenoxy) is 2. The van der Waals surface area contributed by atoms with Gasteiger partial charge in [0.25, 0.3) is 10.0 Å². The molecule has 0 aliphatic rings. The van der Waals surface area contributed by atoms with Crippen LogP contribution in [0.1, 0.15) is 49.4 Å². The fourth-order valence-corrected chi connectivity index (χ4v) is 5.04. The minimum absolute atomic E-state index is 0.0683. The number of anilines is 1. The van der Waals surface area contributed by atoms with Gasteiger partial charge in [-0.1, -0.05) is 0 Å². The van der Waals surface area contributed by atoms with Crippen molar-refractivity contribution in [3.8, 4) is 0 Å². The number of H-pyrrole nitrogens is 3. The second-order valence-electron chi connectivity index (χ2n) is 8.50. The van der Waals surface area contributed by atoms with Crippen LogP contribution in [0.4, 0.5) is 5.69 Å². The highest BCUT2D eigenvalue weighted by Crippen LogP contribution is 2.22. The summed E-state index contributed by atoms with van der Waals surface area (Å²) in [6, 6.07) is 9.58. The molecule has 0 aliphatic carbocycles. The third kappa shape index (κ3) is 5.09. The maximum atomic E-state index is 12.9. The number of esters is 2. The van der Waals surface area contributed by atoms with Gasteiger partial charge in [-0.15, -0.1) is 0 Å². The standard InChI is InChI=1S/C25H24N4O8S/c1-12-20(24(32)36-4)13(2)26-21(12)22(30)14(3)37-23(31)15-5-7-16(8-6-15)29-38(34,35)17-9-10-18-19(11-17)28-25(33)27-18/h5-11,14,26,29H,1-4H3,(H2,27,28,33). The van der Waals surface area contributed by atoms with E-state index in [9.17, 15) is 27.6 Å². The minimum atomic E-state index is -3.99. The molecule has 4 aromatic rings. The number of hydrogen-bond donors (Lipinski definition) is 4. The molecule has 0 radical (unpaired) electrons. The van der Waals surface area contributed by atoms with Crippen LogP contribution in [0, 0.1) is 13.8 Å². The number of aryl methyl sites for hydroxylation is 1. The van der Waals surface area contributed by atoms with E-state index in [0.29, 0.717) is 22.3 Å². The number of aromatic nitrogens is 3. The number of Topliss-reactive ketones (excluding diaryl/α,β-unsaturated/α-hetero) is 1. The summed E-state index contributed by atoms with van der Waals surface area (Å²) in [6.45, 7) is 4.62. The predicted octanol–water partition coefficient (Wildman–Crippen LogP) is 2.82. The monoisotopic (exact) mass is 540 g/mol. The first-order chi connectivity index (χ1) is 17.9. The molecule has 38 heavy (non-hydrogen) atoms. The molecule has 0 fully saturated rings. The van der Waals surface area contributed by atoms with Gasteiger partial charge in [0.15, 0.2) is 6.10 Å². The topological polar surface area (TPSA) is 180 Å². The first-order valence-corrected chi connectivity index (χ1v) is 12.8. The molecule has 1 atom stereocenters. The van der Waals surface area contributed by atoms with Gasteiger partial charge in [0.05, 0.1) is 39.9 Å². The summed E-state index contributed by atoms with van der Waals surface area (Å²) in [6.07, 6.45) is -1.17. The smallest absolute Gasteiger partial charge is 0.339 e. The summed E-state index contributed by atoms with van der Waals surface area (Å²) in [4.78, 5) is 56.7. The van der Waals surface area contributed by atoms with Gasteiger partial charge in [-0.25, -0.2) is 22.8 Å². The maximum absolute atomic E-state index is 12.9. The third-order valence-electron chi connectivity index (χ3n) is 5.90. The summed E-state index contributed by atoms with van der Waals surface area (Å²) in [7, 11) is -2.75. The number of benzene rings is 2. The Kier molecular flexibility index (Phi) is 6.96. The maximum Gasteiger partial charge on any atom is 0.339 e. The Hall–Kier alpha value is -4.65. The van der Waals surface area contributed by atoms with E-state index in [1.54, 1.807) is 13.8 Å². The lowest BCUT2D eigenvalue weighted by Gasteiger charge is -2.13. The average molecular weight is 541 g/mol. The van der Waals surface area contributed by atoms with E-state index in [4.69, 9.17) is 9.47 Å². The highest BCUT2D eigenvalue weighted by atomic mass is 32.2. The molecule has 0 bridgehead atoms. The minimum Gasteiger partial charge on any atom is -0.465 e. The molecule has 4 N–H and O–H groups in total. The van der Waals surface area contributed by atoms with Crippen molar-refractivity contribution in [3.63, 3.8) is 0 Å². The largest absolute Gasteiger partial charge is 0.465 e. The fraction of sp³-hybridized carbons (Fsp3) is 0.200. The second-order valence-corrected chi connectivity index (χ2v) is 10.2. The highest BCUT2D eigenvalue weighted by Gasteiger charge is 2.27. The number of imidazole rings is 1. The van der Waals surface area contributed by atoms with Crippen molar-refractivity contribution in [3.05, 3.63) is 81.0 Å². The van der Waals surface area contributed by atoms with E-state index in [1.807, 2.05) is 0 Å². The number of ketones is 1. The number of carbonyl (C=O) groups excluding carboxylic acids is 3. The van der Waals surface area contributed by atoms with Gasteiger partial charge in [0, 0.05) is 11.4 Å². The lowest BCUT2D eigenvalue weighted by atomic mass is 10.1. The normalized spacial score (nSPS) is 12.2. The van der Waals surface area contributed by atoms with Crippen LogP contribution in [-0.2, 0) is 19.5 Å². The van der Waals surface area contributed by atoms with Crippen molar-refractivity contribution in [2.75, 3.05) is 11.8 Å². The Morgan fingerprint density at radius 1 is 0.921 bits per heavy atom. The van der Waals surface area contributed by atoms with Gasteiger partial charge < -0.3 is 24.4 Å². The molecule has 0 spiro atoms. The van der Waals surface area contributed by atoms with Gasteiger partial charge in [0.1, 0.15) is 0 Å². The number of aromatic amines is 3. The second kappa shape index (κ2) is 10.0. The van der Waals surface area contributed by atoms with Crippen molar-refractivity contribution in [2.24, 2.45) is 0 Å². The van der Waals surface area contributed by atoms with Crippen molar-refractivity contribution >= 4 is 44.5 Å². The third-order valence-corrected chi connectivity index (χ3v) is 7.28. The number of carbonyl (C=O) groups is 3. The van der Waals surface area contributed by atoms with Crippen LogP contribution >= 0.6 is 0 Å². The fourth-order valence-electron chi connectivity index (χ4n) is 3.96. The van der Waals surface area contributed by atoms with Crippen molar-refractivity contribution in [1.29, 1.82) is 0 Å². The van der Waals surface area contributed by atoms with E-state index in [2.05, 4.69) is 19.7 Å². The Bertz CT molecular complexity index is 1730. The number of methoxy groups -OCH3 is 1. The number of rotatable bonds is 8. The molecule has 0 aliphatic heterocycles. The van der Waals surface area contributed by atoms with Gasteiger partial charge in [0.2, 0.25) is 5.78 Å². The van der Waals surface area contributed by atoms with Crippen LogP contribution in [0.15, 0.2) is 52.2 Å². The number of sulfonamides is 1. The zero-order valence-electron chi connectivity index (χ0n) is 20.8. The van der Waals surface area contributed by atoms with Crippen LogP contribution < -0.4 is 10.4 Å². The molecular weight excluding hydrogens is 516 g/mol. The molecule has 0 saturated heterocycles. The van der Waals surface area contributed by atoms with Crippen molar-refractivity contribution in [1.82, 2.24) is 15.0 Å². The van der Waals surface area contributed by atoms with E-state index < -0.39 is 39.5 Å². The molecular formula is C25H24N4O8S.